The predicted octanol–water partition coefficient (Wildman–Crippen LogP) is 3.64. The molecule has 0 saturated heterocycles. The van der Waals surface area contributed by atoms with Crippen LogP contribution in [-0.4, -0.2) is 16.6 Å². The van der Waals surface area contributed by atoms with Gasteiger partial charge in [0.2, 0.25) is 0 Å². The maximum absolute atomic E-state index is 12.4. The van der Waals surface area contributed by atoms with Crippen molar-refractivity contribution in [3.05, 3.63) is 28.5 Å². The molecule has 0 bridgehead atoms. The van der Waals surface area contributed by atoms with Crippen LogP contribution in [0.15, 0.2) is 12.1 Å². The van der Waals surface area contributed by atoms with Crippen LogP contribution in [0.1, 0.15) is 32.0 Å². The van der Waals surface area contributed by atoms with E-state index in [0.29, 0.717) is 0 Å². The molecule has 0 saturated carbocycles. The number of alkyl halides is 3. The number of hydrogen-bond donors (Lipinski definition) is 0. The number of pyridine rings is 1. The summed E-state index contributed by atoms with van der Waals surface area (Å²) in [6, 6.07) is 1.91. The third-order valence-electron chi connectivity index (χ3n) is 1.96. The van der Waals surface area contributed by atoms with Crippen molar-refractivity contribution in [3.8, 4) is 0 Å². The minimum absolute atomic E-state index is 0.132. The summed E-state index contributed by atoms with van der Waals surface area (Å²) in [7, 11) is 0. The van der Waals surface area contributed by atoms with Gasteiger partial charge in [-0.1, -0.05) is 11.6 Å². The van der Waals surface area contributed by atoms with E-state index in [4.69, 9.17) is 16.3 Å². The molecule has 0 aliphatic heterocycles. The van der Waals surface area contributed by atoms with Crippen molar-refractivity contribution in [1.29, 1.82) is 0 Å². The highest BCUT2D eigenvalue weighted by Gasteiger charge is 2.34. The second-order valence-electron chi connectivity index (χ2n) is 4.90. The summed E-state index contributed by atoms with van der Waals surface area (Å²) in [6.45, 7) is 5.08. The smallest absolute Gasteiger partial charge is 0.419 e. The van der Waals surface area contributed by atoms with E-state index in [1.54, 1.807) is 20.8 Å². The van der Waals surface area contributed by atoms with Crippen LogP contribution in [0.2, 0.25) is 5.15 Å². The zero-order chi connectivity index (χ0) is 14.8. The third-order valence-corrected chi connectivity index (χ3v) is 2.25. The Bertz CT molecular complexity index is 481. The number of ether oxygens (including phenoxy) is 1. The standard InChI is InChI=1S/C12H13ClF3NO2/c1-11(2,3)19-9(18)6-7-4-5-8(10(13)17-7)12(14,15)16/h4-5H,6H2,1-3H3. The van der Waals surface area contributed by atoms with E-state index in [1.807, 2.05) is 0 Å². The zero-order valence-corrected chi connectivity index (χ0v) is 11.4. The first-order valence-electron chi connectivity index (χ1n) is 5.43. The Labute approximate surface area is 113 Å². The van der Waals surface area contributed by atoms with Gasteiger partial charge in [0.05, 0.1) is 17.7 Å². The Morgan fingerprint density at radius 2 is 1.89 bits per heavy atom. The van der Waals surface area contributed by atoms with Crippen LogP contribution in [-0.2, 0) is 22.1 Å². The monoisotopic (exact) mass is 295 g/mol. The highest BCUT2D eigenvalue weighted by molar-refractivity contribution is 6.30. The van der Waals surface area contributed by atoms with Gasteiger partial charge in [0.15, 0.2) is 0 Å². The lowest BCUT2D eigenvalue weighted by Gasteiger charge is -2.19. The topological polar surface area (TPSA) is 39.2 Å². The lowest BCUT2D eigenvalue weighted by molar-refractivity contribution is -0.154. The molecule has 0 fully saturated rings. The molecule has 1 rings (SSSR count). The largest absolute Gasteiger partial charge is 0.460 e. The van der Waals surface area contributed by atoms with Crippen molar-refractivity contribution in [2.24, 2.45) is 0 Å². The van der Waals surface area contributed by atoms with E-state index >= 15 is 0 Å². The second kappa shape index (κ2) is 5.36. The molecular weight excluding hydrogens is 283 g/mol. The highest BCUT2D eigenvalue weighted by Crippen LogP contribution is 2.33. The molecule has 1 aromatic rings. The first-order chi connectivity index (χ1) is 8.49. The van der Waals surface area contributed by atoms with Gasteiger partial charge in [-0.05, 0) is 32.9 Å². The van der Waals surface area contributed by atoms with Crippen LogP contribution in [0.5, 0.6) is 0 Å². The molecule has 1 heterocycles. The molecule has 3 nitrogen and oxygen atoms in total. The summed E-state index contributed by atoms with van der Waals surface area (Å²) in [5, 5.41) is -0.673. The van der Waals surface area contributed by atoms with Gasteiger partial charge in [-0.15, -0.1) is 0 Å². The predicted molar refractivity (Wildman–Crippen MR) is 63.8 cm³/mol. The second-order valence-corrected chi connectivity index (χ2v) is 5.26. The van der Waals surface area contributed by atoms with E-state index in [2.05, 4.69) is 4.98 Å². The van der Waals surface area contributed by atoms with Crippen LogP contribution >= 0.6 is 11.6 Å². The molecule has 0 amide bonds. The lowest BCUT2D eigenvalue weighted by Crippen LogP contribution is -2.25. The summed E-state index contributed by atoms with van der Waals surface area (Å²) in [6.07, 6.45) is -4.79. The average molecular weight is 296 g/mol. The normalized spacial score (nSPS) is 12.4. The van der Waals surface area contributed by atoms with Crippen LogP contribution in [0.3, 0.4) is 0 Å². The minimum atomic E-state index is -4.56. The van der Waals surface area contributed by atoms with E-state index < -0.39 is 28.5 Å². The number of rotatable bonds is 2. The van der Waals surface area contributed by atoms with Crippen LogP contribution < -0.4 is 0 Å². The molecule has 106 valence electrons. The van der Waals surface area contributed by atoms with Gasteiger partial charge >= 0.3 is 12.1 Å². The van der Waals surface area contributed by atoms with Gasteiger partial charge in [-0.3, -0.25) is 4.79 Å². The Hall–Kier alpha value is -1.30. The number of carbonyl (C=O) groups is 1. The summed E-state index contributed by atoms with van der Waals surface area (Å²) < 4.78 is 42.4. The third kappa shape index (κ3) is 5.06. The van der Waals surface area contributed by atoms with E-state index in [1.165, 1.54) is 0 Å². The van der Waals surface area contributed by atoms with Gasteiger partial charge in [0, 0.05) is 0 Å². The molecule has 0 aromatic carbocycles. The number of hydrogen-bond acceptors (Lipinski definition) is 3. The zero-order valence-electron chi connectivity index (χ0n) is 10.6. The van der Waals surface area contributed by atoms with Crippen molar-refractivity contribution >= 4 is 17.6 Å². The van der Waals surface area contributed by atoms with Gasteiger partial charge in [0.1, 0.15) is 10.8 Å². The van der Waals surface area contributed by atoms with Gasteiger partial charge in [-0.2, -0.15) is 13.2 Å². The molecule has 7 heteroatoms. The van der Waals surface area contributed by atoms with Gasteiger partial charge in [0.25, 0.3) is 0 Å². The van der Waals surface area contributed by atoms with Gasteiger partial charge < -0.3 is 4.74 Å². The number of aromatic nitrogens is 1. The van der Waals surface area contributed by atoms with Crippen molar-refractivity contribution in [2.75, 3.05) is 0 Å². The molecular formula is C12H13ClF3NO2. The van der Waals surface area contributed by atoms with E-state index in [-0.39, 0.29) is 12.1 Å². The first-order valence-corrected chi connectivity index (χ1v) is 5.81. The number of nitrogens with zero attached hydrogens (tertiary/aromatic N) is 1. The Kier molecular flexibility index (Phi) is 4.45. The quantitative estimate of drug-likeness (QED) is 0.618. The fourth-order valence-electron chi connectivity index (χ4n) is 1.31. The molecule has 0 spiro atoms. The fraction of sp³-hybridized carbons (Fsp3) is 0.500. The van der Waals surface area contributed by atoms with Gasteiger partial charge in [-0.25, -0.2) is 4.98 Å². The SMILES string of the molecule is CC(C)(C)OC(=O)Cc1ccc(C(F)(F)F)c(Cl)n1. The summed E-state index contributed by atoms with van der Waals surface area (Å²) >= 11 is 5.45. The summed E-state index contributed by atoms with van der Waals surface area (Å²) in [5.74, 6) is -0.573. The van der Waals surface area contributed by atoms with Crippen LogP contribution in [0.4, 0.5) is 13.2 Å². The molecule has 0 radical (unpaired) electrons. The molecule has 1 aromatic heterocycles. The van der Waals surface area contributed by atoms with E-state index in [0.717, 1.165) is 12.1 Å². The maximum Gasteiger partial charge on any atom is 0.419 e. The van der Waals surface area contributed by atoms with E-state index in [9.17, 15) is 18.0 Å². The Balaban J connectivity index is 2.83. The van der Waals surface area contributed by atoms with Crippen molar-refractivity contribution < 1.29 is 22.7 Å². The minimum Gasteiger partial charge on any atom is -0.460 e. The van der Waals surface area contributed by atoms with Crippen molar-refractivity contribution in [1.82, 2.24) is 4.98 Å². The lowest BCUT2D eigenvalue weighted by atomic mass is 10.2. The molecule has 0 atom stereocenters. The maximum atomic E-state index is 12.4. The molecule has 19 heavy (non-hydrogen) atoms. The van der Waals surface area contributed by atoms with Crippen LogP contribution in [0, 0.1) is 0 Å². The number of esters is 1. The molecule has 0 unspecified atom stereocenters. The fourth-order valence-corrected chi connectivity index (χ4v) is 1.59. The van der Waals surface area contributed by atoms with Crippen molar-refractivity contribution in [2.45, 2.75) is 39.0 Å². The van der Waals surface area contributed by atoms with Crippen LogP contribution in [0.25, 0.3) is 0 Å². The molecule has 0 aliphatic carbocycles. The molecule has 0 N–H and O–H groups in total. The summed E-state index contributed by atoms with van der Waals surface area (Å²) in [4.78, 5) is 15.0. The highest BCUT2D eigenvalue weighted by atomic mass is 35.5. The Morgan fingerprint density at radius 1 is 1.32 bits per heavy atom. The summed E-state index contributed by atoms with van der Waals surface area (Å²) in [5.41, 5.74) is -1.55. The number of halogens is 4. The molecule has 0 aliphatic rings. The van der Waals surface area contributed by atoms with Crippen molar-refractivity contribution in [3.63, 3.8) is 0 Å². The first kappa shape index (κ1) is 15.8. The average Bonchev–Trinajstić information content (AvgIpc) is 2.11. The Morgan fingerprint density at radius 3 is 2.32 bits per heavy atom. The number of carbonyl (C=O) groups excluding carboxylic acids is 1.